The number of likely N-dealkylation sites (tertiary alicyclic amines) is 1. The van der Waals surface area contributed by atoms with E-state index in [2.05, 4.69) is 26.2 Å². The number of likely N-dealkylation sites (N-methyl/N-ethyl adjacent to an activating group) is 2. The molecular weight excluding hydrogens is 619 g/mol. The van der Waals surface area contributed by atoms with Gasteiger partial charge in [-0.1, -0.05) is 6.07 Å². The third kappa shape index (κ3) is 14.3. The fourth-order valence-electron chi connectivity index (χ4n) is 3.42. The Morgan fingerprint density at radius 1 is 0.907 bits per heavy atom. The fraction of sp³-hybridized carbons (Fsp3) is 0.591. The third-order valence-electron chi connectivity index (χ3n) is 5.25. The Kier molecular flexibility index (Phi) is 14.3. The summed E-state index contributed by atoms with van der Waals surface area (Å²) in [5.41, 5.74) is 2.03. The predicted octanol–water partition coefficient (Wildman–Crippen LogP) is 1.92. The van der Waals surface area contributed by atoms with Gasteiger partial charge in [-0.15, -0.1) is 0 Å². The maximum Gasteiger partial charge on any atom is 0.490 e. The minimum absolute atomic E-state index is 0.0255. The molecule has 43 heavy (non-hydrogen) atoms. The first-order chi connectivity index (χ1) is 19.3. The summed E-state index contributed by atoms with van der Waals surface area (Å²) in [6.45, 7) is 5.92. The number of halogens is 9. The molecule has 21 heteroatoms. The van der Waals surface area contributed by atoms with E-state index >= 15 is 0 Å². The van der Waals surface area contributed by atoms with Crippen LogP contribution in [0.2, 0.25) is 0 Å². The van der Waals surface area contributed by atoms with Crippen molar-refractivity contribution >= 4 is 23.8 Å². The van der Waals surface area contributed by atoms with Gasteiger partial charge < -0.3 is 25.4 Å². The summed E-state index contributed by atoms with van der Waals surface area (Å²) in [4.78, 5) is 47.5. The number of aromatic nitrogens is 1. The molecule has 4 N–H and O–H groups in total. The quantitative estimate of drug-likeness (QED) is 0.354. The number of carbonyl (C=O) groups is 4. The number of carboxylic acid groups (broad SMARTS) is 3. The summed E-state index contributed by atoms with van der Waals surface area (Å²) in [6.07, 6.45) is -15.3. The second-order valence-electron chi connectivity index (χ2n) is 8.86. The van der Waals surface area contributed by atoms with Crippen LogP contribution < -0.4 is 5.32 Å². The molecule has 2 aliphatic heterocycles. The van der Waals surface area contributed by atoms with Gasteiger partial charge in [-0.25, -0.2) is 14.4 Å². The number of carboxylic acids is 3. The zero-order chi connectivity index (χ0) is 34.0. The number of carbonyl (C=O) groups excluding carboxylic acids is 1. The number of morpholine rings is 1. The first kappa shape index (κ1) is 39.3. The number of nitrogens with zero attached hydrogens (tertiary/aromatic N) is 3. The highest BCUT2D eigenvalue weighted by Gasteiger charge is 2.49. The highest BCUT2D eigenvalue weighted by atomic mass is 19.4. The number of pyridine rings is 1. The second kappa shape index (κ2) is 15.7. The number of aliphatic carboxylic acids is 3. The number of amides is 1. The molecule has 3 heterocycles. The lowest BCUT2D eigenvalue weighted by Gasteiger charge is -2.54. The molecule has 0 aromatic carbocycles. The van der Waals surface area contributed by atoms with Gasteiger partial charge >= 0.3 is 36.4 Å². The number of ether oxygens (including phenoxy) is 1. The van der Waals surface area contributed by atoms with E-state index in [0.717, 1.165) is 37.6 Å². The highest BCUT2D eigenvalue weighted by molar-refractivity contribution is 5.81. The molecule has 1 unspecified atom stereocenters. The lowest BCUT2D eigenvalue weighted by molar-refractivity contribution is -0.198. The molecule has 0 radical (unpaired) electrons. The summed E-state index contributed by atoms with van der Waals surface area (Å²) in [5.74, 6) is -8.25. The minimum atomic E-state index is -5.08. The Hall–Kier alpha value is -3.72. The Labute approximate surface area is 237 Å². The number of hydrogen-bond donors (Lipinski definition) is 4. The van der Waals surface area contributed by atoms with Gasteiger partial charge in [-0.3, -0.25) is 19.6 Å². The number of rotatable bonds is 3. The van der Waals surface area contributed by atoms with Crippen LogP contribution in [0.1, 0.15) is 11.4 Å². The largest absolute Gasteiger partial charge is 0.490 e. The SMILES string of the molecule is CNC(=O)C1COC2(CN(Cc3cccc(C)n3)C2)CN1C.O=C(O)C(F)(F)F.O=C(O)C(F)(F)F.O=C(O)C(F)(F)F. The molecule has 0 saturated carbocycles. The maximum absolute atomic E-state index is 11.8. The van der Waals surface area contributed by atoms with Gasteiger partial charge in [0.15, 0.2) is 0 Å². The Balaban J connectivity index is 0.000000690. The smallest absolute Gasteiger partial charge is 0.475 e. The van der Waals surface area contributed by atoms with Crippen molar-refractivity contribution in [2.24, 2.45) is 0 Å². The zero-order valence-corrected chi connectivity index (χ0v) is 22.5. The van der Waals surface area contributed by atoms with Crippen molar-refractivity contribution in [1.29, 1.82) is 0 Å². The molecule has 2 saturated heterocycles. The predicted molar refractivity (Wildman–Crippen MR) is 124 cm³/mol. The molecule has 3 rings (SSSR count). The van der Waals surface area contributed by atoms with Crippen molar-refractivity contribution < 1.29 is 78.7 Å². The van der Waals surface area contributed by atoms with Crippen molar-refractivity contribution in [2.75, 3.05) is 40.3 Å². The first-order valence-corrected chi connectivity index (χ1v) is 11.5. The molecule has 1 aromatic heterocycles. The number of hydrogen-bond acceptors (Lipinski definition) is 8. The Bertz CT molecular complexity index is 1050. The average Bonchev–Trinajstić information content (AvgIpc) is 2.82. The standard InChI is InChI=1S/C16H24N4O2.3C2HF3O2/c1-12-5-4-6-13(18-12)7-20-10-16(11-20)9-19(3)14(8-22-16)15(21)17-2;3*3-2(4,5)1(6)7/h4-6,14H,7-11H2,1-3H3,(H,17,21);3*(H,6,7). The lowest BCUT2D eigenvalue weighted by Crippen LogP contribution is -2.72. The summed E-state index contributed by atoms with van der Waals surface area (Å²) >= 11 is 0. The van der Waals surface area contributed by atoms with Crippen molar-refractivity contribution in [1.82, 2.24) is 20.1 Å². The van der Waals surface area contributed by atoms with E-state index in [1.807, 2.05) is 26.1 Å². The van der Waals surface area contributed by atoms with Crippen LogP contribution in [-0.4, -0.2) is 124 Å². The van der Waals surface area contributed by atoms with Crippen LogP contribution in [-0.2, 0) is 30.5 Å². The highest BCUT2D eigenvalue weighted by Crippen LogP contribution is 2.31. The van der Waals surface area contributed by atoms with Gasteiger partial charge in [0.05, 0.1) is 12.3 Å². The van der Waals surface area contributed by atoms with Gasteiger partial charge in [0.1, 0.15) is 11.6 Å². The molecule has 1 atom stereocenters. The van der Waals surface area contributed by atoms with E-state index in [9.17, 15) is 44.3 Å². The van der Waals surface area contributed by atoms with Crippen molar-refractivity contribution in [2.45, 2.75) is 43.6 Å². The van der Waals surface area contributed by atoms with Crippen LogP contribution in [0.15, 0.2) is 18.2 Å². The van der Waals surface area contributed by atoms with Gasteiger partial charge in [0.25, 0.3) is 0 Å². The lowest BCUT2D eigenvalue weighted by atomic mass is 9.90. The Morgan fingerprint density at radius 3 is 1.65 bits per heavy atom. The van der Waals surface area contributed by atoms with Crippen molar-refractivity contribution in [3.05, 3.63) is 29.6 Å². The summed E-state index contributed by atoms with van der Waals surface area (Å²) in [5, 5.41) is 24.1. The fourth-order valence-corrected chi connectivity index (χ4v) is 3.42. The molecule has 1 amide bonds. The zero-order valence-electron chi connectivity index (χ0n) is 22.5. The van der Waals surface area contributed by atoms with Crippen LogP contribution in [0.25, 0.3) is 0 Å². The number of alkyl halides is 9. The molecular formula is C22H27F9N4O8. The van der Waals surface area contributed by atoms with Crippen LogP contribution in [0.3, 0.4) is 0 Å². The van der Waals surface area contributed by atoms with E-state index in [0.29, 0.717) is 6.61 Å². The van der Waals surface area contributed by atoms with E-state index < -0.39 is 36.4 Å². The second-order valence-corrected chi connectivity index (χ2v) is 8.86. The summed E-state index contributed by atoms with van der Waals surface area (Å²) in [6, 6.07) is 5.95. The van der Waals surface area contributed by atoms with E-state index in [4.69, 9.17) is 34.4 Å². The molecule has 0 aliphatic carbocycles. The monoisotopic (exact) mass is 646 g/mol. The van der Waals surface area contributed by atoms with Crippen molar-refractivity contribution in [3.8, 4) is 0 Å². The van der Waals surface area contributed by atoms with Crippen LogP contribution in [0.4, 0.5) is 39.5 Å². The Morgan fingerprint density at radius 2 is 1.33 bits per heavy atom. The van der Waals surface area contributed by atoms with Crippen LogP contribution >= 0.6 is 0 Å². The van der Waals surface area contributed by atoms with Gasteiger partial charge in [-0.05, 0) is 26.1 Å². The van der Waals surface area contributed by atoms with Gasteiger partial charge in [0.2, 0.25) is 5.91 Å². The van der Waals surface area contributed by atoms with Gasteiger partial charge in [-0.2, -0.15) is 39.5 Å². The summed E-state index contributed by atoms with van der Waals surface area (Å²) < 4.78 is 101. The summed E-state index contributed by atoms with van der Waals surface area (Å²) in [7, 11) is 3.66. The number of nitrogens with one attached hydrogen (secondary N) is 1. The van der Waals surface area contributed by atoms with E-state index in [1.165, 1.54) is 0 Å². The number of aryl methyl sites for hydroxylation is 1. The molecule has 1 aromatic rings. The third-order valence-corrected chi connectivity index (χ3v) is 5.25. The molecule has 246 valence electrons. The molecule has 2 aliphatic rings. The van der Waals surface area contributed by atoms with Crippen LogP contribution in [0.5, 0.6) is 0 Å². The normalized spacial score (nSPS) is 18.3. The average molecular weight is 646 g/mol. The molecule has 2 fully saturated rings. The molecule has 1 spiro atoms. The molecule has 12 nitrogen and oxygen atoms in total. The van der Waals surface area contributed by atoms with Crippen LogP contribution in [0, 0.1) is 6.92 Å². The maximum atomic E-state index is 11.8. The van der Waals surface area contributed by atoms with E-state index in [1.54, 1.807) is 7.05 Å². The topological polar surface area (TPSA) is 170 Å². The van der Waals surface area contributed by atoms with Crippen molar-refractivity contribution in [3.63, 3.8) is 0 Å². The van der Waals surface area contributed by atoms with E-state index in [-0.39, 0.29) is 17.6 Å². The molecule has 0 bridgehead atoms. The first-order valence-electron chi connectivity index (χ1n) is 11.5. The van der Waals surface area contributed by atoms with Gasteiger partial charge in [0, 0.05) is 38.9 Å². The minimum Gasteiger partial charge on any atom is -0.475 e.